The van der Waals surface area contributed by atoms with Crippen LogP contribution in [0.2, 0.25) is 0 Å². The first-order valence-corrected chi connectivity index (χ1v) is 8.60. The third-order valence-corrected chi connectivity index (χ3v) is 5.34. The smallest absolute Gasteiger partial charge is 0.0775 e. The van der Waals surface area contributed by atoms with Gasteiger partial charge in [0.05, 0.1) is 5.60 Å². The molecule has 4 nitrogen and oxygen atoms in total. The Morgan fingerprint density at radius 1 is 1.09 bits per heavy atom. The van der Waals surface area contributed by atoms with Gasteiger partial charge in [-0.05, 0) is 44.9 Å². The first-order valence-electron chi connectivity index (χ1n) is 8.60. The zero-order chi connectivity index (χ0) is 15.4. The van der Waals surface area contributed by atoms with E-state index in [0.29, 0.717) is 6.04 Å². The van der Waals surface area contributed by atoms with Gasteiger partial charge < -0.3 is 15.3 Å². The van der Waals surface area contributed by atoms with E-state index in [2.05, 4.69) is 45.4 Å². The molecule has 1 saturated carbocycles. The van der Waals surface area contributed by atoms with Gasteiger partial charge in [0, 0.05) is 44.5 Å². The molecule has 0 amide bonds. The van der Waals surface area contributed by atoms with Crippen LogP contribution in [-0.2, 0) is 0 Å². The van der Waals surface area contributed by atoms with Crippen molar-refractivity contribution >= 4 is 5.69 Å². The van der Waals surface area contributed by atoms with Crippen molar-refractivity contribution in [3.63, 3.8) is 0 Å². The van der Waals surface area contributed by atoms with Crippen LogP contribution >= 0.6 is 0 Å². The largest absolute Gasteiger partial charge is 0.389 e. The number of hydrogen-bond donors (Lipinski definition) is 2. The number of aliphatic hydroxyl groups is 1. The van der Waals surface area contributed by atoms with Crippen LogP contribution in [0.1, 0.15) is 25.7 Å². The van der Waals surface area contributed by atoms with E-state index in [4.69, 9.17) is 0 Å². The summed E-state index contributed by atoms with van der Waals surface area (Å²) in [4.78, 5) is 4.89. The first-order chi connectivity index (χ1) is 10.7. The molecule has 1 aromatic carbocycles. The summed E-state index contributed by atoms with van der Waals surface area (Å²) in [7, 11) is 2.03. The van der Waals surface area contributed by atoms with Crippen LogP contribution in [0.5, 0.6) is 0 Å². The highest BCUT2D eigenvalue weighted by atomic mass is 16.3. The summed E-state index contributed by atoms with van der Waals surface area (Å²) in [6, 6.07) is 11.2. The summed E-state index contributed by atoms with van der Waals surface area (Å²) in [6.07, 6.45) is 4.04. The molecule has 1 saturated heterocycles. The average molecular weight is 303 g/mol. The van der Waals surface area contributed by atoms with Crippen LogP contribution in [0.15, 0.2) is 30.3 Å². The molecule has 0 radical (unpaired) electrons. The molecule has 1 heterocycles. The van der Waals surface area contributed by atoms with Crippen LogP contribution in [0.25, 0.3) is 0 Å². The number of rotatable bonds is 4. The third kappa shape index (κ3) is 3.80. The Balaban J connectivity index is 1.48. The van der Waals surface area contributed by atoms with E-state index in [9.17, 15) is 5.11 Å². The minimum atomic E-state index is -0.470. The van der Waals surface area contributed by atoms with Gasteiger partial charge in [-0.3, -0.25) is 4.90 Å². The highest BCUT2D eigenvalue weighted by Gasteiger charge is 2.35. The van der Waals surface area contributed by atoms with Crippen molar-refractivity contribution in [3.8, 4) is 0 Å². The van der Waals surface area contributed by atoms with Crippen molar-refractivity contribution in [1.82, 2.24) is 10.2 Å². The molecule has 2 fully saturated rings. The lowest BCUT2D eigenvalue weighted by Gasteiger charge is -2.42. The molecule has 1 aliphatic carbocycles. The van der Waals surface area contributed by atoms with Crippen LogP contribution in [-0.4, -0.2) is 61.4 Å². The molecule has 0 aromatic heterocycles. The predicted molar refractivity (Wildman–Crippen MR) is 91.4 cm³/mol. The minimum Gasteiger partial charge on any atom is -0.389 e. The van der Waals surface area contributed by atoms with Gasteiger partial charge in [-0.15, -0.1) is 0 Å². The maximum atomic E-state index is 10.8. The molecular formula is C18H29N3O. The van der Waals surface area contributed by atoms with E-state index in [0.717, 1.165) is 58.4 Å². The monoisotopic (exact) mass is 303 g/mol. The zero-order valence-electron chi connectivity index (χ0n) is 13.7. The lowest BCUT2D eigenvalue weighted by molar-refractivity contribution is -0.0324. The molecule has 22 heavy (non-hydrogen) atoms. The Morgan fingerprint density at radius 3 is 2.32 bits per heavy atom. The molecule has 0 spiro atoms. The molecule has 0 bridgehead atoms. The SMILES string of the molecule is CNC1CCC(O)(CN2CCN(c3ccccc3)CC2)CC1. The fourth-order valence-corrected chi connectivity index (χ4v) is 3.82. The molecule has 0 unspecified atom stereocenters. The normalized spacial score (nSPS) is 30.5. The van der Waals surface area contributed by atoms with Gasteiger partial charge in [0.2, 0.25) is 0 Å². The number of nitrogens with one attached hydrogen (secondary N) is 1. The minimum absolute atomic E-state index is 0.470. The Bertz CT molecular complexity index is 449. The highest BCUT2D eigenvalue weighted by molar-refractivity contribution is 5.46. The van der Waals surface area contributed by atoms with Crippen molar-refractivity contribution < 1.29 is 5.11 Å². The fourth-order valence-electron chi connectivity index (χ4n) is 3.82. The standard InChI is InChI=1S/C18H29N3O/c1-19-16-7-9-18(22,10-8-16)15-20-11-13-21(14-12-20)17-5-3-2-4-6-17/h2-6,16,19,22H,7-15H2,1H3. The van der Waals surface area contributed by atoms with Crippen molar-refractivity contribution in [2.75, 3.05) is 44.7 Å². The number of piperazine rings is 1. The van der Waals surface area contributed by atoms with Gasteiger partial charge in [0.15, 0.2) is 0 Å². The maximum absolute atomic E-state index is 10.8. The third-order valence-electron chi connectivity index (χ3n) is 5.34. The molecule has 1 aliphatic heterocycles. The van der Waals surface area contributed by atoms with E-state index < -0.39 is 5.60 Å². The summed E-state index contributed by atoms with van der Waals surface area (Å²) >= 11 is 0. The molecule has 2 N–H and O–H groups in total. The molecule has 4 heteroatoms. The number of benzene rings is 1. The number of β-amino-alcohol motifs (C(OH)–C–C–N with tert-alkyl or cyclic N) is 1. The molecule has 1 aromatic rings. The van der Waals surface area contributed by atoms with Crippen molar-refractivity contribution in [1.29, 1.82) is 0 Å². The van der Waals surface area contributed by atoms with Crippen molar-refractivity contribution in [3.05, 3.63) is 30.3 Å². The second kappa shape index (κ2) is 6.99. The number of hydrogen-bond acceptors (Lipinski definition) is 4. The van der Waals surface area contributed by atoms with E-state index in [1.165, 1.54) is 5.69 Å². The Morgan fingerprint density at radius 2 is 1.73 bits per heavy atom. The molecule has 3 rings (SSSR count). The Hall–Kier alpha value is -1.10. The first kappa shape index (κ1) is 15.8. The van der Waals surface area contributed by atoms with Gasteiger partial charge in [0.25, 0.3) is 0 Å². The van der Waals surface area contributed by atoms with E-state index in [1.807, 2.05) is 7.05 Å². The highest BCUT2D eigenvalue weighted by Crippen LogP contribution is 2.29. The van der Waals surface area contributed by atoms with E-state index in [1.54, 1.807) is 0 Å². The predicted octanol–water partition coefficient (Wildman–Crippen LogP) is 1.70. The Kier molecular flexibility index (Phi) is 5.01. The summed E-state index contributed by atoms with van der Waals surface area (Å²) in [5.41, 5.74) is 0.845. The molecule has 0 atom stereocenters. The average Bonchev–Trinajstić information content (AvgIpc) is 2.57. The van der Waals surface area contributed by atoms with E-state index >= 15 is 0 Å². The van der Waals surface area contributed by atoms with Crippen LogP contribution < -0.4 is 10.2 Å². The van der Waals surface area contributed by atoms with Crippen molar-refractivity contribution in [2.24, 2.45) is 0 Å². The Labute approximate surface area is 134 Å². The summed E-state index contributed by atoms with van der Waals surface area (Å²) in [5.74, 6) is 0. The van der Waals surface area contributed by atoms with Crippen LogP contribution in [0.3, 0.4) is 0 Å². The number of anilines is 1. The second-order valence-electron chi connectivity index (χ2n) is 6.89. The van der Waals surface area contributed by atoms with Gasteiger partial charge in [-0.25, -0.2) is 0 Å². The van der Waals surface area contributed by atoms with Crippen LogP contribution in [0.4, 0.5) is 5.69 Å². The second-order valence-corrected chi connectivity index (χ2v) is 6.89. The van der Waals surface area contributed by atoms with Gasteiger partial charge in [-0.1, -0.05) is 18.2 Å². The lowest BCUT2D eigenvalue weighted by Crippen LogP contribution is -2.53. The maximum Gasteiger partial charge on any atom is 0.0775 e. The van der Waals surface area contributed by atoms with Gasteiger partial charge in [-0.2, -0.15) is 0 Å². The van der Waals surface area contributed by atoms with Crippen LogP contribution in [0, 0.1) is 0 Å². The number of para-hydroxylation sites is 1. The molecule has 2 aliphatic rings. The van der Waals surface area contributed by atoms with Gasteiger partial charge in [0.1, 0.15) is 0 Å². The van der Waals surface area contributed by atoms with Crippen molar-refractivity contribution in [2.45, 2.75) is 37.3 Å². The van der Waals surface area contributed by atoms with Gasteiger partial charge >= 0.3 is 0 Å². The zero-order valence-corrected chi connectivity index (χ0v) is 13.7. The lowest BCUT2D eigenvalue weighted by atomic mass is 9.81. The summed E-state index contributed by atoms with van der Waals surface area (Å²) in [5, 5.41) is 14.2. The van der Waals surface area contributed by atoms with E-state index in [-0.39, 0.29) is 0 Å². The fraction of sp³-hybridized carbons (Fsp3) is 0.667. The molecule has 122 valence electrons. The summed E-state index contributed by atoms with van der Waals surface area (Å²) in [6.45, 7) is 5.05. The topological polar surface area (TPSA) is 38.7 Å². The number of nitrogens with zero attached hydrogens (tertiary/aromatic N) is 2. The summed E-state index contributed by atoms with van der Waals surface area (Å²) < 4.78 is 0. The molecular weight excluding hydrogens is 274 g/mol. The quantitative estimate of drug-likeness (QED) is 0.888.